The predicted octanol–water partition coefficient (Wildman–Crippen LogP) is 6.49. The van der Waals surface area contributed by atoms with E-state index in [0.717, 1.165) is 17.1 Å². The molecule has 1 aliphatic heterocycles. The molecule has 2 unspecified atom stereocenters. The Labute approximate surface area is 198 Å². The third-order valence-electron chi connectivity index (χ3n) is 6.33. The van der Waals surface area contributed by atoms with Gasteiger partial charge >= 0.3 is 0 Å². The summed E-state index contributed by atoms with van der Waals surface area (Å²) in [4.78, 5) is 28.3. The molecule has 4 aromatic rings. The molecular formula is C26H19ClN2O3S. The first-order valence-electron chi connectivity index (χ1n) is 10.7. The maximum absolute atomic E-state index is 13.6. The molecule has 1 aliphatic carbocycles. The Hall–Kier alpha value is -3.35. The Balaban J connectivity index is 1.54. The molecule has 6 rings (SSSR count). The molecule has 0 spiro atoms. The number of hydrogen-bond donors (Lipinski definition) is 2. The fourth-order valence-corrected chi connectivity index (χ4v) is 5.77. The highest BCUT2D eigenvalue weighted by molar-refractivity contribution is 7.10. The summed E-state index contributed by atoms with van der Waals surface area (Å²) >= 11 is 7.82. The molecule has 0 saturated heterocycles. The number of thiophene rings is 1. The zero-order valence-electron chi connectivity index (χ0n) is 17.4. The molecule has 2 atom stereocenters. The SMILES string of the molecule is O=C1CC(c2cccs2)CC2=C1C(c1coc3ccc(Cl)cc3c1=O)Nc1ccccc1N2. The number of carbonyl (C=O) groups is 1. The summed E-state index contributed by atoms with van der Waals surface area (Å²) < 4.78 is 5.80. The minimum atomic E-state index is -0.632. The smallest absolute Gasteiger partial charge is 0.198 e. The summed E-state index contributed by atoms with van der Waals surface area (Å²) in [6, 6.07) is 16.2. The van der Waals surface area contributed by atoms with Gasteiger partial charge < -0.3 is 15.1 Å². The van der Waals surface area contributed by atoms with Gasteiger partial charge in [0, 0.05) is 33.5 Å². The molecule has 0 radical (unpaired) electrons. The topological polar surface area (TPSA) is 71.3 Å². The first-order valence-corrected chi connectivity index (χ1v) is 12.0. The Morgan fingerprint density at radius 3 is 2.67 bits per heavy atom. The molecule has 0 fully saturated rings. The van der Waals surface area contributed by atoms with Gasteiger partial charge in [-0.25, -0.2) is 0 Å². The van der Waals surface area contributed by atoms with Crippen LogP contribution in [0.5, 0.6) is 0 Å². The largest absolute Gasteiger partial charge is 0.464 e. The van der Waals surface area contributed by atoms with Crippen molar-refractivity contribution in [2.45, 2.75) is 24.8 Å². The quantitative estimate of drug-likeness (QED) is 0.347. The average molecular weight is 475 g/mol. The number of carbonyl (C=O) groups excluding carboxylic acids is 1. The third kappa shape index (κ3) is 3.46. The molecule has 2 N–H and O–H groups in total. The number of allylic oxidation sites excluding steroid dienone is 1. The number of nitrogens with one attached hydrogen (secondary N) is 2. The third-order valence-corrected chi connectivity index (χ3v) is 7.60. The molecule has 2 aromatic carbocycles. The molecule has 2 aliphatic rings. The van der Waals surface area contributed by atoms with Gasteiger partial charge in [-0.05, 0) is 48.2 Å². The molecule has 0 bridgehead atoms. The lowest BCUT2D eigenvalue weighted by molar-refractivity contribution is -0.116. The highest BCUT2D eigenvalue weighted by Crippen LogP contribution is 2.44. The van der Waals surface area contributed by atoms with E-state index < -0.39 is 6.04 Å². The zero-order chi connectivity index (χ0) is 22.5. The van der Waals surface area contributed by atoms with E-state index in [9.17, 15) is 9.59 Å². The van der Waals surface area contributed by atoms with E-state index in [2.05, 4.69) is 16.7 Å². The normalized spacial score (nSPS) is 20.0. The van der Waals surface area contributed by atoms with E-state index in [0.29, 0.717) is 40.0 Å². The van der Waals surface area contributed by atoms with E-state index in [4.69, 9.17) is 16.0 Å². The number of ketones is 1. The van der Waals surface area contributed by atoms with Crippen molar-refractivity contribution in [1.29, 1.82) is 0 Å². The van der Waals surface area contributed by atoms with Gasteiger partial charge in [-0.2, -0.15) is 0 Å². The lowest BCUT2D eigenvalue weighted by Gasteiger charge is -2.28. The van der Waals surface area contributed by atoms with E-state index in [1.165, 1.54) is 11.1 Å². The second-order valence-corrected chi connectivity index (χ2v) is 9.76. The number of para-hydroxylation sites is 2. The van der Waals surface area contributed by atoms with Gasteiger partial charge in [0.05, 0.1) is 28.4 Å². The van der Waals surface area contributed by atoms with Gasteiger partial charge in [0.1, 0.15) is 11.8 Å². The van der Waals surface area contributed by atoms with Gasteiger partial charge in [0.2, 0.25) is 0 Å². The van der Waals surface area contributed by atoms with Crippen molar-refractivity contribution in [1.82, 2.24) is 0 Å². The molecule has 0 saturated carbocycles. The van der Waals surface area contributed by atoms with Crippen LogP contribution in [0.25, 0.3) is 11.0 Å². The first-order chi connectivity index (χ1) is 16.1. The van der Waals surface area contributed by atoms with Crippen molar-refractivity contribution in [3.05, 3.63) is 103 Å². The van der Waals surface area contributed by atoms with Crippen LogP contribution in [0.15, 0.2) is 86.7 Å². The van der Waals surface area contributed by atoms with Crippen molar-refractivity contribution < 1.29 is 9.21 Å². The summed E-state index contributed by atoms with van der Waals surface area (Å²) in [6.45, 7) is 0. The van der Waals surface area contributed by atoms with Gasteiger partial charge in [-0.15, -0.1) is 11.3 Å². The number of fused-ring (bicyclic) bond motifs is 2. The minimum Gasteiger partial charge on any atom is -0.464 e. The summed E-state index contributed by atoms with van der Waals surface area (Å²) in [5.41, 5.74) is 3.78. The van der Waals surface area contributed by atoms with Crippen LogP contribution in [-0.2, 0) is 4.79 Å². The highest BCUT2D eigenvalue weighted by Gasteiger charge is 2.37. The Morgan fingerprint density at radius 2 is 1.85 bits per heavy atom. The molecule has 164 valence electrons. The maximum atomic E-state index is 13.6. The molecular weight excluding hydrogens is 456 g/mol. The number of hydrogen-bond acceptors (Lipinski definition) is 6. The van der Waals surface area contributed by atoms with Crippen LogP contribution >= 0.6 is 22.9 Å². The minimum absolute atomic E-state index is 0.0260. The maximum Gasteiger partial charge on any atom is 0.198 e. The summed E-state index contributed by atoms with van der Waals surface area (Å²) in [7, 11) is 0. The number of Topliss-reactive ketones (excluding diaryl/α,β-unsaturated/α-hetero) is 1. The van der Waals surface area contributed by atoms with Crippen LogP contribution in [0.2, 0.25) is 5.02 Å². The van der Waals surface area contributed by atoms with Crippen LogP contribution in [0.1, 0.15) is 35.2 Å². The fraction of sp³-hybridized carbons (Fsp3) is 0.154. The lowest BCUT2D eigenvalue weighted by Crippen LogP contribution is -2.29. The van der Waals surface area contributed by atoms with E-state index in [1.54, 1.807) is 29.5 Å². The van der Waals surface area contributed by atoms with Gasteiger partial charge in [-0.1, -0.05) is 29.8 Å². The number of anilines is 2. The van der Waals surface area contributed by atoms with E-state index >= 15 is 0 Å². The van der Waals surface area contributed by atoms with Crippen molar-refractivity contribution in [2.24, 2.45) is 0 Å². The van der Waals surface area contributed by atoms with Crippen molar-refractivity contribution in [2.75, 3.05) is 10.6 Å². The van der Waals surface area contributed by atoms with E-state index in [1.807, 2.05) is 35.7 Å². The number of halogens is 1. The number of rotatable bonds is 2. The standard InChI is InChI=1S/C26H19ClN2O3S/c27-15-7-8-22-16(12-15)26(31)17(13-32-22)25-24-20(28-18-4-1-2-5-19(18)29-25)10-14(11-21(24)30)23-6-3-9-33-23/h1-9,12-14,25,28-29H,10-11H2. The summed E-state index contributed by atoms with van der Waals surface area (Å²) in [6.07, 6.45) is 2.56. The average Bonchev–Trinajstić information content (AvgIpc) is 3.29. The molecule has 0 amide bonds. The molecule has 33 heavy (non-hydrogen) atoms. The molecule has 7 heteroatoms. The fourth-order valence-electron chi connectivity index (χ4n) is 4.77. The van der Waals surface area contributed by atoms with Gasteiger partial charge in [-0.3, -0.25) is 9.59 Å². The van der Waals surface area contributed by atoms with Crippen LogP contribution in [-0.4, -0.2) is 5.78 Å². The Morgan fingerprint density at radius 1 is 1.00 bits per heavy atom. The molecule has 5 nitrogen and oxygen atoms in total. The Bertz CT molecular complexity index is 1490. The van der Waals surface area contributed by atoms with Crippen LogP contribution in [0.4, 0.5) is 11.4 Å². The second kappa shape index (κ2) is 7.90. The van der Waals surface area contributed by atoms with Crippen molar-refractivity contribution >= 4 is 51.1 Å². The lowest BCUT2D eigenvalue weighted by atomic mass is 9.81. The Kier molecular flexibility index (Phi) is 4.85. The number of benzene rings is 2. The van der Waals surface area contributed by atoms with Crippen LogP contribution < -0.4 is 16.1 Å². The molecule has 2 aromatic heterocycles. The van der Waals surface area contributed by atoms with Crippen molar-refractivity contribution in [3.8, 4) is 0 Å². The van der Waals surface area contributed by atoms with E-state index in [-0.39, 0.29) is 17.1 Å². The van der Waals surface area contributed by atoms with Crippen LogP contribution in [0.3, 0.4) is 0 Å². The van der Waals surface area contributed by atoms with Crippen LogP contribution in [0, 0.1) is 0 Å². The molecule has 3 heterocycles. The van der Waals surface area contributed by atoms with Crippen molar-refractivity contribution in [3.63, 3.8) is 0 Å². The highest BCUT2D eigenvalue weighted by atomic mass is 35.5. The summed E-state index contributed by atoms with van der Waals surface area (Å²) in [5, 5.41) is 9.83. The monoisotopic (exact) mass is 474 g/mol. The first kappa shape index (κ1) is 20.3. The predicted molar refractivity (Wildman–Crippen MR) is 132 cm³/mol. The van der Waals surface area contributed by atoms with Gasteiger partial charge in [0.15, 0.2) is 11.2 Å². The van der Waals surface area contributed by atoms with Gasteiger partial charge in [0.25, 0.3) is 0 Å². The summed E-state index contributed by atoms with van der Waals surface area (Å²) in [5.74, 6) is 0.138. The second-order valence-electron chi connectivity index (χ2n) is 8.34. The zero-order valence-corrected chi connectivity index (χ0v) is 19.0.